The van der Waals surface area contributed by atoms with Crippen LogP contribution in [0.2, 0.25) is 0 Å². The summed E-state index contributed by atoms with van der Waals surface area (Å²) in [5.41, 5.74) is 0. The molecule has 0 fully saturated rings. The van der Waals surface area contributed by atoms with Crippen LogP contribution in [-0.4, -0.2) is 11.7 Å². The molecular formula is C21H42O. The van der Waals surface area contributed by atoms with Crippen molar-refractivity contribution in [3.63, 3.8) is 0 Å². The fraction of sp³-hybridized carbons (Fsp3) is 0.905. The number of rotatable bonds is 18. The fourth-order valence-electron chi connectivity index (χ4n) is 3.15. The molecule has 0 saturated heterocycles. The molecule has 1 atom stereocenters. The molecular weight excluding hydrogens is 268 g/mol. The molecule has 22 heavy (non-hydrogen) atoms. The molecule has 0 rings (SSSR count). The lowest BCUT2D eigenvalue weighted by Crippen LogP contribution is -2.04. The molecule has 1 unspecified atom stereocenters. The van der Waals surface area contributed by atoms with Crippen LogP contribution in [0.3, 0.4) is 0 Å². The minimum atomic E-state index is 0.324. The van der Waals surface area contributed by atoms with Gasteiger partial charge >= 0.3 is 0 Å². The van der Waals surface area contributed by atoms with Crippen molar-refractivity contribution in [1.82, 2.24) is 0 Å². The summed E-state index contributed by atoms with van der Waals surface area (Å²) >= 11 is 0. The van der Waals surface area contributed by atoms with E-state index in [-0.39, 0.29) is 0 Å². The Balaban J connectivity index is 3.09. The number of aliphatic hydroxyl groups excluding tert-OH is 1. The van der Waals surface area contributed by atoms with E-state index in [0.717, 1.165) is 6.42 Å². The summed E-state index contributed by atoms with van der Waals surface area (Å²) < 4.78 is 0. The van der Waals surface area contributed by atoms with Crippen LogP contribution in [0.5, 0.6) is 0 Å². The summed E-state index contributed by atoms with van der Waals surface area (Å²) in [7, 11) is 0. The minimum absolute atomic E-state index is 0.324. The van der Waals surface area contributed by atoms with Gasteiger partial charge in [-0.2, -0.15) is 0 Å². The molecule has 1 heteroatoms. The van der Waals surface area contributed by atoms with Crippen LogP contribution in [-0.2, 0) is 0 Å². The monoisotopic (exact) mass is 310 g/mol. The summed E-state index contributed by atoms with van der Waals surface area (Å²) in [6, 6.07) is 0. The molecule has 0 heterocycles. The summed E-state index contributed by atoms with van der Waals surface area (Å²) in [5.74, 6) is 0.454. The van der Waals surface area contributed by atoms with Crippen LogP contribution in [0.15, 0.2) is 12.7 Å². The third-order valence-corrected chi connectivity index (χ3v) is 4.72. The molecule has 1 nitrogen and oxygen atoms in total. The third-order valence-electron chi connectivity index (χ3n) is 4.72. The maximum atomic E-state index is 9.21. The standard InChI is InChI=1S/C21H42O/c1-3-5-6-7-8-9-10-11-12-13-14-15-16-17-19-21(20-22)18-4-2/h4,21-22H,2-3,5-20H2,1H3. The van der Waals surface area contributed by atoms with Crippen molar-refractivity contribution in [2.45, 2.75) is 110 Å². The Morgan fingerprint density at radius 3 is 1.50 bits per heavy atom. The highest BCUT2D eigenvalue weighted by atomic mass is 16.3. The first-order chi connectivity index (χ1) is 10.8. The lowest BCUT2D eigenvalue weighted by Gasteiger charge is -2.11. The van der Waals surface area contributed by atoms with Crippen LogP contribution in [0, 0.1) is 5.92 Å². The quantitative estimate of drug-likeness (QED) is 0.212. The SMILES string of the molecule is C=CCC(CO)CCCCCCCCCCCCCCCC. The number of unbranched alkanes of at least 4 members (excludes halogenated alkanes) is 13. The predicted octanol–water partition coefficient (Wildman–Crippen LogP) is 7.04. The molecule has 0 aromatic carbocycles. The lowest BCUT2D eigenvalue weighted by molar-refractivity contribution is 0.216. The largest absolute Gasteiger partial charge is 0.396 e. The molecule has 0 bridgehead atoms. The molecule has 132 valence electrons. The Bertz CT molecular complexity index is 212. The second-order valence-corrected chi connectivity index (χ2v) is 6.96. The summed E-state index contributed by atoms with van der Waals surface area (Å²) in [6.45, 7) is 6.36. The van der Waals surface area contributed by atoms with E-state index in [4.69, 9.17) is 0 Å². The zero-order valence-corrected chi connectivity index (χ0v) is 15.3. The van der Waals surface area contributed by atoms with Crippen molar-refractivity contribution in [2.75, 3.05) is 6.61 Å². The second-order valence-electron chi connectivity index (χ2n) is 6.96. The average molecular weight is 311 g/mol. The second kappa shape index (κ2) is 18.7. The van der Waals surface area contributed by atoms with Gasteiger partial charge in [0.2, 0.25) is 0 Å². The first-order valence-electron chi connectivity index (χ1n) is 10.1. The Labute approximate surface area is 140 Å². The first kappa shape index (κ1) is 21.7. The van der Waals surface area contributed by atoms with Gasteiger partial charge in [0.15, 0.2) is 0 Å². The summed E-state index contributed by atoms with van der Waals surface area (Å²) in [5, 5.41) is 9.21. The van der Waals surface area contributed by atoms with Gasteiger partial charge in [0.1, 0.15) is 0 Å². The van der Waals surface area contributed by atoms with E-state index < -0.39 is 0 Å². The number of aliphatic hydroxyl groups is 1. The smallest absolute Gasteiger partial charge is 0.0462 e. The van der Waals surface area contributed by atoms with E-state index in [1.54, 1.807) is 0 Å². The molecule has 0 spiro atoms. The van der Waals surface area contributed by atoms with Crippen LogP contribution < -0.4 is 0 Å². The van der Waals surface area contributed by atoms with E-state index in [9.17, 15) is 5.11 Å². The van der Waals surface area contributed by atoms with Crippen LogP contribution >= 0.6 is 0 Å². The summed E-state index contributed by atoms with van der Waals surface area (Å²) in [6.07, 6.45) is 23.8. The van der Waals surface area contributed by atoms with Crippen molar-refractivity contribution < 1.29 is 5.11 Å². The molecule has 0 aliphatic carbocycles. The zero-order chi connectivity index (χ0) is 16.3. The maximum Gasteiger partial charge on any atom is 0.0462 e. The molecule has 0 aromatic rings. The Kier molecular flexibility index (Phi) is 18.5. The number of allylic oxidation sites excluding steroid dienone is 1. The average Bonchev–Trinajstić information content (AvgIpc) is 2.54. The maximum absolute atomic E-state index is 9.21. The third kappa shape index (κ3) is 16.1. The zero-order valence-electron chi connectivity index (χ0n) is 15.3. The lowest BCUT2D eigenvalue weighted by atomic mass is 9.98. The normalized spacial score (nSPS) is 12.5. The van der Waals surface area contributed by atoms with E-state index in [0.29, 0.717) is 12.5 Å². The van der Waals surface area contributed by atoms with Gasteiger partial charge in [-0.3, -0.25) is 0 Å². The highest BCUT2D eigenvalue weighted by molar-refractivity contribution is 4.72. The van der Waals surface area contributed by atoms with Crippen LogP contribution in [0.4, 0.5) is 0 Å². The first-order valence-corrected chi connectivity index (χ1v) is 10.1. The minimum Gasteiger partial charge on any atom is -0.396 e. The highest BCUT2D eigenvalue weighted by Gasteiger charge is 2.04. The van der Waals surface area contributed by atoms with Gasteiger partial charge in [0.25, 0.3) is 0 Å². The van der Waals surface area contributed by atoms with E-state index in [2.05, 4.69) is 13.5 Å². The molecule has 0 saturated carbocycles. The molecule has 1 N–H and O–H groups in total. The van der Waals surface area contributed by atoms with Crippen molar-refractivity contribution in [3.05, 3.63) is 12.7 Å². The summed E-state index contributed by atoms with van der Waals surface area (Å²) in [4.78, 5) is 0. The fourth-order valence-corrected chi connectivity index (χ4v) is 3.15. The van der Waals surface area contributed by atoms with Gasteiger partial charge in [-0.25, -0.2) is 0 Å². The molecule has 0 amide bonds. The van der Waals surface area contributed by atoms with Crippen molar-refractivity contribution in [3.8, 4) is 0 Å². The Morgan fingerprint density at radius 2 is 1.14 bits per heavy atom. The van der Waals surface area contributed by atoms with Gasteiger partial charge in [-0.05, 0) is 18.8 Å². The van der Waals surface area contributed by atoms with Gasteiger partial charge in [0.05, 0.1) is 0 Å². The molecule has 0 radical (unpaired) electrons. The Hall–Kier alpha value is -0.300. The predicted molar refractivity (Wildman–Crippen MR) is 100 cm³/mol. The number of hydrogen-bond donors (Lipinski definition) is 1. The van der Waals surface area contributed by atoms with Crippen LogP contribution in [0.1, 0.15) is 110 Å². The van der Waals surface area contributed by atoms with Crippen molar-refractivity contribution >= 4 is 0 Å². The van der Waals surface area contributed by atoms with E-state index in [1.165, 1.54) is 96.3 Å². The Morgan fingerprint density at radius 1 is 0.727 bits per heavy atom. The molecule has 0 aliphatic rings. The molecule has 0 aromatic heterocycles. The molecule has 0 aliphatic heterocycles. The highest BCUT2D eigenvalue weighted by Crippen LogP contribution is 2.16. The number of hydrogen-bond acceptors (Lipinski definition) is 1. The van der Waals surface area contributed by atoms with Gasteiger partial charge in [0, 0.05) is 6.61 Å². The van der Waals surface area contributed by atoms with Crippen molar-refractivity contribution in [1.29, 1.82) is 0 Å². The topological polar surface area (TPSA) is 20.2 Å². The van der Waals surface area contributed by atoms with Crippen LogP contribution in [0.25, 0.3) is 0 Å². The van der Waals surface area contributed by atoms with Gasteiger partial charge < -0.3 is 5.11 Å². The van der Waals surface area contributed by atoms with Gasteiger partial charge in [-0.1, -0.05) is 103 Å². The van der Waals surface area contributed by atoms with Crippen molar-refractivity contribution in [2.24, 2.45) is 5.92 Å². The van der Waals surface area contributed by atoms with E-state index in [1.807, 2.05) is 6.08 Å². The van der Waals surface area contributed by atoms with E-state index >= 15 is 0 Å². The van der Waals surface area contributed by atoms with Gasteiger partial charge in [-0.15, -0.1) is 6.58 Å².